The molecule has 1 heterocycles. The molecule has 1 aromatic rings. The average molecular weight is 448 g/mol. The first-order valence-corrected chi connectivity index (χ1v) is 12.7. The zero-order chi connectivity index (χ0) is 22.0. The summed E-state index contributed by atoms with van der Waals surface area (Å²) in [5.74, 6) is 2.33. The third-order valence-corrected chi connectivity index (χ3v) is 9.92. The third-order valence-electron chi connectivity index (χ3n) is 8.02. The number of benzene rings is 1. The first-order valence-electron chi connectivity index (χ1n) is 11.2. The summed E-state index contributed by atoms with van der Waals surface area (Å²) in [5, 5.41) is 11.0. The summed E-state index contributed by atoms with van der Waals surface area (Å²) in [6.45, 7) is 2.88. The van der Waals surface area contributed by atoms with E-state index in [1.165, 1.54) is 41.8 Å². The van der Waals surface area contributed by atoms with Crippen LogP contribution in [0, 0.1) is 40.2 Å². The number of nitro benzene ring substituents is 1. The van der Waals surface area contributed by atoms with Crippen molar-refractivity contribution >= 4 is 21.6 Å². The minimum atomic E-state index is -3.75. The van der Waals surface area contributed by atoms with Crippen molar-refractivity contribution in [3.63, 3.8) is 0 Å². The molecule has 0 spiro atoms. The Morgan fingerprint density at radius 2 is 1.58 bits per heavy atom. The zero-order valence-electron chi connectivity index (χ0n) is 17.8. The molecule has 6 rings (SSSR count). The minimum Gasteiger partial charge on any atom is -0.340 e. The number of nitro groups is 1. The molecule has 0 radical (unpaired) electrons. The molecule has 0 N–H and O–H groups in total. The number of rotatable bonds is 4. The lowest BCUT2D eigenvalue weighted by Crippen LogP contribution is -2.58. The first kappa shape index (κ1) is 20.9. The van der Waals surface area contributed by atoms with Crippen LogP contribution in [-0.4, -0.2) is 54.6 Å². The molecule has 168 valence electrons. The lowest BCUT2D eigenvalue weighted by atomic mass is 9.49. The highest BCUT2D eigenvalue weighted by Crippen LogP contribution is 2.60. The van der Waals surface area contributed by atoms with E-state index in [1.807, 2.05) is 4.90 Å². The number of amides is 1. The largest absolute Gasteiger partial charge is 0.340 e. The normalized spacial score (nSPS) is 32.9. The van der Waals surface area contributed by atoms with Crippen molar-refractivity contribution in [2.75, 3.05) is 26.2 Å². The minimum absolute atomic E-state index is 0.0662. The first-order chi connectivity index (χ1) is 14.7. The topological polar surface area (TPSA) is 101 Å². The molecule has 0 atom stereocenters. The summed E-state index contributed by atoms with van der Waals surface area (Å²) >= 11 is 0. The van der Waals surface area contributed by atoms with Crippen LogP contribution in [-0.2, 0) is 14.8 Å². The Hall–Kier alpha value is -2.00. The number of nitrogens with zero attached hydrogens (tertiary/aromatic N) is 3. The van der Waals surface area contributed by atoms with Crippen LogP contribution in [0.25, 0.3) is 0 Å². The van der Waals surface area contributed by atoms with Gasteiger partial charge in [0.05, 0.1) is 15.2 Å². The van der Waals surface area contributed by atoms with Gasteiger partial charge >= 0.3 is 0 Å². The smallest absolute Gasteiger partial charge is 0.272 e. The molecule has 1 aliphatic heterocycles. The van der Waals surface area contributed by atoms with Gasteiger partial charge in [-0.25, -0.2) is 8.42 Å². The fraction of sp³-hybridized carbons (Fsp3) is 0.682. The molecule has 1 amide bonds. The highest BCUT2D eigenvalue weighted by atomic mass is 32.2. The lowest BCUT2D eigenvalue weighted by molar-refractivity contribution is -0.385. The van der Waals surface area contributed by atoms with Crippen LogP contribution in [0.3, 0.4) is 0 Å². The molecule has 4 saturated carbocycles. The van der Waals surface area contributed by atoms with Crippen LogP contribution in [0.2, 0.25) is 0 Å². The van der Waals surface area contributed by atoms with E-state index in [0.717, 1.165) is 19.3 Å². The molecule has 0 aromatic heterocycles. The quantitative estimate of drug-likeness (QED) is 0.522. The van der Waals surface area contributed by atoms with E-state index in [0.29, 0.717) is 36.4 Å². The molecule has 4 aliphatic carbocycles. The van der Waals surface area contributed by atoms with E-state index in [-0.39, 0.29) is 35.0 Å². The highest BCUT2D eigenvalue weighted by Gasteiger charge is 2.55. The molecule has 5 aliphatic rings. The molecule has 5 fully saturated rings. The van der Waals surface area contributed by atoms with E-state index >= 15 is 0 Å². The van der Waals surface area contributed by atoms with Gasteiger partial charge in [0.2, 0.25) is 15.9 Å². The Bertz CT molecular complexity index is 994. The second kappa shape index (κ2) is 7.27. The van der Waals surface area contributed by atoms with Gasteiger partial charge in [0.1, 0.15) is 0 Å². The van der Waals surface area contributed by atoms with E-state index in [9.17, 15) is 23.3 Å². The lowest BCUT2D eigenvalue weighted by Gasteiger charge is -2.57. The van der Waals surface area contributed by atoms with Gasteiger partial charge in [0, 0.05) is 37.8 Å². The summed E-state index contributed by atoms with van der Waals surface area (Å²) in [6, 6.07) is 3.91. The van der Waals surface area contributed by atoms with Crippen LogP contribution in [0.1, 0.15) is 44.1 Å². The number of carbonyl (C=O) groups excluding carboxylic acids is 1. The van der Waals surface area contributed by atoms with Crippen molar-refractivity contribution in [1.29, 1.82) is 0 Å². The Morgan fingerprint density at radius 1 is 1.03 bits per heavy atom. The van der Waals surface area contributed by atoms with Gasteiger partial charge in [0.15, 0.2) is 0 Å². The van der Waals surface area contributed by atoms with Crippen molar-refractivity contribution < 1.29 is 18.1 Å². The van der Waals surface area contributed by atoms with Crippen LogP contribution < -0.4 is 0 Å². The van der Waals surface area contributed by atoms with Crippen molar-refractivity contribution in [3.05, 3.63) is 33.9 Å². The predicted molar refractivity (Wildman–Crippen MR) is 114 cm³/mol. The van der Waals surface area contributed by atoms with Crippen molar-refractivity contribution in [2.24, 2.45) is 23.2 Å². The second-order valence-electron chi connectivity index (χ2n) is 10.1. The number of hydrogen-bond acceptors (Lipinski definition) is 5. The second-order valence-corrected chi connectivity index (χ2v) is 12.0. The zero-order valence-corrected chi connectivity index (χ0v) is 18.6. The Labute approximate surface area is 182 Å². The number of carbonyl (C=O) groups is 1. The Kier molecular flexibility index (Phi) is 4.89. The van der Waals surface area contributed by atoms with Gasteiger partial charge in [-0.2, -0.15) is 4.31 Å². The maximum atomic E-state index is 13.5. The van der Waals surface area contributed by atoms with E-state index < -0.39 is 14.9 Å². The SMILES string of the molecule is Cc1cc(S(=O)(=O)N2CCN(C(=O)C34CC5CC(CC(C5)C3)C4)CC2)ccc1[N+](=O)[O-]. The predicted octanol–water partition coefficient (Wildman–Crippen LogP) is 2.95. The summed E-state index contributed by atoms with van der Waals surface area (Å²) < 4.78 is 27.5. The van der Waals surface area contributed by atoms with Crippen LogP contribution in [0.4, 0.5) is 5.69 Å². The van der Waals surface area contributed by atoms with Gasteiger partial charge < -0.3 is 4.90 Å². The fourth-order valence-corrected chi connectivity index (χ4v) is 8.49. The Morgan fingerprint density at radius 3 is 2.06 bits per heavy atom. The molecular formula is C22H29N3O5S. The molecule has 8 nitrogen and oxygen atoms in total. The molecular weight excluding hydrogens is 418 g/mol. The van der Waals surface area contributed by atoms with Crippen molar-refractivity contribution in [3.8, 4) is 0 Å². The molecule has 1 aromatic carbocycles. The average Bonchev–Trinajstić information content (AvgIpc) is 2.72. The molecule has 0 unspecified atom stereocenters. The van der Waals surface area contributed by atoms with E-state index in [2.05, 4.69) is 0 Å². The summed E-state index contributed by atoms with van der Waals surface area (Å²) in [5.41, 5.74) is 0.0253. The Balaban J connectivity index is 1.28. The van der Waals surface area contributed by atoms with Gasteiger partial charge in [-0.05, 0) is 75.3 Å². The van der Waals surface area contributed by atoms with Crippen molar-refractivity contribution in [2.45, 2.75) is 50.3 Å². The standard InChI is InChI=1S/C22H29N3O5S/c1-15-8-19(2-3-20(15)25(27)28)31(29,30)24-6-4-23(5-7-24)21(26)22-12-16-9-17(13-22)11-18(10-16)14-22/h2-3,8,16-18H,4-7,9-14H2,1H3. The highest BCUT2D eigenvalue weighted by molar-refractivity contribution is 7.89. The molecule has 1 saturated heterocycles. The summed E-state index contributed by atoms with van der Waals surface area (Å²) in [4.78, 5) is 26.0. The van der Waals surface area contributed by atoms with Crippen LogP contribution >= 0.6 is 0 Å². The number of sulfonamides is 1. The van der Waals surface area contributed by atoms with Gasteiger partial charge in [-0.15, -0.1) is 0 Å². The third kappa shape index (κ3) is 3.46. The van der Waals surface area contributed by atoms with Crippen LogP contribution in [0.15, 0.2) is 23.1 Å². The number of hydrogen-bond donors (Lipinski definition) is 0. The number of aryl methyl sites for hydroxylation is 1. The summed E-state index contributed by atoms with van der Waals surface area (Å²) in [6.07, 6.45) is 6.89. The van der Waals surface area contributed by atoms with Crippen LogP contribution in [0.5, 0.6) is 0 Å². The van der Waals surface area contributed by atoms with E-state index in [1.54, 1.807) is 6.92 Å². The number of piperazine rings is 1. The van der Waals surface area contributed by atoms with Gasteiger partial charge in [-0.1, -0.05) is 0 Å². The fourth-order valence-electron chi connectivity index (χ4n) is 6.98. The maximum absolute atomic E-state index is 13.5. The van der Waals surface area contributed by atoms with Gasteiger partial charge in [0.25, 0.3) is 5.69 Å². The van der Waals surface area contributed by atoms with Gasteiger partial charge in [-0.3, -0.25) is 14.9 Å². The molecule has 31 heavy (non-hydrogen) atoms. The maximum Gasteiger partial charge on any atom is 0.272 e. The van der Waals surface area contributed by atoms with Crippen molar-refractivity contribution in [1.82, 2.24) is 9.21 Å². The summed E-state index contributed by atoms with van der Waals surface area (Å²) in [7, 11) is -3.75. The van der Waals surface area contributed by atoms with E-state index in [4.69, 9.17) is 0 Å². The molecule has 9 heteroatoms. The monoisotopic (exact) mass is 447 g/mol. The molecule has 4 bridgehead atoms.